The van der Waals surface area contributed by atoms with Crippen LogP contribution in [0.25, 0.3) is 0 Å². The van der Waals surface area contributed by atoms with Gasteiger partial charge in [0.1, 0.15) is 5.75 Å². The zero-order valence-corrected chi connectivity index (χ0v) is 14.1. The number of hydrogen-bond donors (Lipinski definition) is 2. The van der Waals surface area contributed by atoms with E-state index in [9.17, 15) is 14.7 Å². The Morgan fingerprint density at radius 1 is 1.35 bits per heavy atom. The molecule has 1 aromatic carbocycles. The molecular weight excluding hydrogens is 314 g/mol. The number of rotatable bonds is 7. The summed E-state index contributed by atoms with van der Waals surface area (Å²) in [7, 11) is 1.57. The second kappa shape index (κ2) is 8.82. The Labute approximate surface area is 140 Å². The maximum atomic E-state index is 12.2. The van der Waals surface area contributed by atoms with Crippen molar-refractivity contribution in [3.05, 3.63) is 29.8 Å². The predicted molar refractivity (Wildman–Crippen MR) is 90.9 cm³/mol. The van der Waals surface area contributed by atoms with Gasteiger partial charge in [0.15, 0.2) is 0 Å². The highest BCUT2D eigenvalue weighted by Crippen LogP contribution is 2.23. The molecular formula is C17H23NO4S. The number of benzene rings is 1. The molecule has 126 valence electrons. The number of para-hydroxylation sites is 1. The number of hydrogen-bond acceptors (Lipinski definition) is 4. The Hall–Kier alpha value is -1.69. The largest absolute Gasteiger partial charge is 0.496 e. The topological polar surface area (TPSA) is 75.6 Å². The molecule has 0 aromatic heterocycles. The van der Waals surface area contributed by atoms with E-state index >= 15 is 0 Å². The minimum atomic E-state index is -0.907. The molecule has 1 fully saturated rings. The number of aliphatic carboxylic acids is 1. The summed E-state index contributed by atoms with van der Waals surface area (Å²) in [4.78, 5) is 23.7. The summed E-state index contributed by atoms with van der Waals surface area (Å²) < 4.78 is 5.26. The highest BCUT2D eigenvalue weighted by Gasteiger charge is 2.24. The number of nitrogens with one attached hydrogen (secondary N) is 1. The fourth-order valence-corrected chi connectivity index (χ4v) is 3.82. The fourth-order valence-electron chi connectivity index (χ4n) is 2.71. The Morgan fingerprint density at radius 2 is 2.04 bits per heavy atom. The molecule has 0 radical (unpaired) electrons. The third-order valence-corrected chi connectivity index (χ3v) is 5.17. The minimum absolute atomic E-state index is 0.0171. The van der Waals surface area contributed by atoms with Gasteiger partial charge in [0.05, 0.1) is 13.0 Å². The lowest BCUT2D eigenvalue weighted by Gasteiger charge is -2.22. The second-order valence-electron chi connectivity index (χ2n) is 5.68. The molecule has 1 aromatic rings. The molecule has 1 saturated heterocycles. The van der Waals surface area contributed by atoms with E-state index in [-0.39, 0.29) is 18.4 Å². The summed E-state index contributed by atoms with van der Waals surface area (Å²) in [5, 5.41) is 12.2. The number of carboxylic acid groups (broad SMARTS) is 1. The quantitative estimate of drug-likeness (QED) is 0.798. The van der Waals surface area contributed by atoms with Gasteiger partial charge in [-0.3, -0.25) is 9.59 Å². The van der Waals surface area contributed by atoms with Gasteiger partial charge in [-0.1, -0.05) is 18.2 Å². The van der Waals surface area contributed by atoms with Crippen molar-refractivity contribution in [1.82, 2.24) is 5.32 Å². The van der Waals surface area contributed by atoms with Crippen LogP contribution in [-0.2, 0) is 16.0 Å². The van der Waals surface area contributed by atoms with Crippen LogP contribution in [0.1, 0.15) is 18.4 Å². The van der Waals surface area contributed by atoms with E-state index < -0.39 is 11.9 Å². The van der Waals surface area contributed by atoms with E-state index in [1.807, 2.05) is 36.0 Å². The van der Waals surface area contributed by atoms with Gasteiger partial charge in [-0.25, -0.2) is 0 Å². The van der Waals surface area contributed by atoms with E-state index in [4.69, 9.17) is 4.74 Å². The third kappa shape index (κ3) is 5.16. The van der Waals surface area contributed by atoms with Gasteiger partial charge in [-0.15, -0.1) is 0 Å². The highest BCUT2D eigenvalue weighted by molar-refractivity contribution is 7.99. The number of methoxy groups -OCH3 is 1. The molecule has 6 heteroatoms. The lowest BCUT2D eigenvalue weighted by atomic mass is 9.97. The predicted octanol–water partition coefficient (Wildman–Crippen LogP) is 2.20. The smallest absolute Gasteiger partial charge is 0.308 e. The first kappa shape index (κ1) is 17.7. The van der Waals surface area contributed by atoms with Crippen LogP contribution < -0.4 is 10.1 Å². The van der Waals surface area contributed by atoms with Gasteiger partial charge in [0.25, 0.3) is 0 Å². The molecule has 2 rings (SSSR count). The maximum Gasteiger partial charge on any atom is 0.308 e. The number of ether oxygens (including phenoxy) is 1. The van der Waals surface area contributed by atoms with Crippen molar-refractivity contribution < 1.29 is 19.4 Å². The molecule has 0 saturated carbocycles. The zero-order chi connectivity index (χ0) is 16.7. The van der Waals surface area contributed by atoms with Crippen molar-refractivity contribution in [3.8, 4) is 5.75 Å². The van der Waals surface area contributed by atoms with Gasteiger partial charge in [-0.2, -0.15) is 11.8 Å². The maximum absolute atomic E-state index is 12.2. The molecule has 1 amide bonds. The first-order chi connectivity index (χ1) is 11.1. The highest BCUT2D eigenvalue weighted by atomic mass is 32.2. The molecule has 0 spiro atoms. The lowest BCUT2D eigenvalue weighted by Crippen LogP contribution is -2.38. The van der Waals surface area contributed by atoms with Crippen LogP contribution in [0, 0.1) is 11.8 Å². The summed E-state index contributed by atoms with van der Waals surface area (Å²) in [6.45, 7) is 0.149. The number of thioether (sulfide) groups is 1. The van der Waals surface area contributed by atoms with Crippen molar-refractivity contribution in [2.45, 2.75) is 19.3 Å². The van der Waals surface area contributed by atoms with Crippen LogP contribution in [0.2, 0.25) is 0 Å². The molecule has 5 nitrogen and oxygen atoms in total. The molecule has 1 aliphatic heterocycles. The van der Waals surface area contributed by atoms with E-state index in [0.717, 1.165) is 29.9 Å². The average molecular weight is 337 g/mol. The van der Waals surface area contributed by atoms with Gasteiger partial charge in [0.2, 0.25) is 5.91 Å². The first-order valence-corrected chi connectivity index (χ1v) is 8.97. The second-order valence-corrected chi connectivity index (χ2v) is 6.91. The van der Waals surface area contributed by atoms with E-state index in [1.54, 1.807) is 7.11 Å². The van der Waals surface area contributed by atoms with Crippen LogP contribution in [-0.4, -0.2) is 42.1 Å². The SMILES string of the molecule is COc1ccccc1CC(CNC(=O)C1CCSCC1)C(=O)O. The third-order valence-electron chi connectivity index (χ3n) is 4.12. The monoisotopic (exact) mass is 337 g/mol. The standard InChI is InChI=1S/C17H23NO4S/c1-22-15-5-3-2-4-13(15)10-14(17(20)21)11-18-16(19)12-6-8-23-9-7-12/h2-5,12,14H,6-11H2,1H3,(H,18,19)(H,20,21). The summed E-state index contributed by atoms with van der Waals surface area (Å²) in [6.07, 6.45) is 2.08. The van der Waals surface area contributed by atoms with Gasteiger partial charge in [0, 0.05) is 12.5 Å². The molecule has 2 N–H and O–H groups in total. The molecule has 1 aliphatic rings. The van der Waals surface area contributed by atoms with Crippen molar-refractivity contribution >= 4 is 23.6 Å². The van der Waals surface area contributed by atoms with Crippen molar-refractivity contribution in [2.24, 2.45) is 11.8 Å². The summed E-state index contributed by atoms with van der Waals surface area (Å²) >= 11 is 1.86. The number of amides is 1. The lowest BCUT2D eigenvalue weighted by molar-refractivity contribution is -0.141. The van der Waals surface area contributed by atoms with Crippen LogP contribution >= 0.6 is 11.8 Å². The Balaban J connectivity index is 1.93. The van der Waals surface area contributed by atoms with Crippen molar-refractivity contribution in [3.63, 3.8) is 0 Å². The van der Waals surface area contributed by atoms with Crippen LogP contribution in [0.15, 0.2) is 24.3 Å². The normalized spacial score (nSPS) is 16.6. The first-order valence-electron chi connectivity index (χ1n) is 7.82. The molecule has 0 bridgehead atoms. The molecule has 1 atom stereocenters. The summed E-state index contributed by atoms with van der Waals surface area (Å²) in [5.74, 6) is 1.12. The fraction of sp³-hybridized carbons (Fsp3) is 0.529. The molecule has 0 aliphatic carbocycles. The van der Waals surface area contributed by atoms with Crippen molar-refractivity contribution in [2.75, 3.05) is 25.2 Å². The van der Waals surface area contributed by atoms with E-state index in [0.29, 0.717) is 12.2 Å². The summed E-state index contributed by atoms with van der Waals surface area (Å²) in [6, 6.07) is 7.37. The zero-order valence-electron chi connectivity index (χ0n) is 13.3. The molecule has 1 unspecified atom stereocenters. The summed E-state index contributed by atoms with van der Waals surface area (Å²) in [5.41, 5.74) is 0.839. The molecule has 1 heterocycles. The number of carbonyl (C=O) groups is 2. The van der Waals surface area contributed by atoms with E-state index in [2.05, 4.69) is 5.32 Å². The Morgan fingerprint density at radius 3 is 2.70 bits per heavy atom. The Kier molecular flexibility index (Phi) is 6.77. The van der Waals surface area contributed by atoms with Crippen molar-refractivity contribution in [1.29, 1.82) is 0 Å². The van der Waals surface area contributed by atoms with Gasteiger partial charge >= 0.3 is 5.97 Å². The van der Waals surface area contributed by atoms with Gasteiger partial charge in [-0.05, 0) is 42.4 Å². The van der Waals surface area contributed by atoms with E-state index in [1.165, 1.54) is 0 Å². The molecule has 23 heavy (non-hydrogen) atoms. The van der Waals surface area contributed by atoms with Gasteiger partial charge < -0.3 is 15.2 Å². The minimum Gasteiger partial charge on any atom is -0.496 e. The van der Waals surface area contributed by atoms with Crippen LogP contribution in [0.3, 0.4) is 0 Å². The number of carbonyl (C=O) groups excluding carboxylic acids is 1. The number of carboxylic acids is 1. The van der Waals surface area contributed by atoms with Crippen LogP contribution in [0.4, 0.5) is 0 Å². The Bertz CT molecular complexity index is 543. The van der Waals surface area contributed by atoms with Crippen LogP contribution in [0.5, 0.6) is 5.75 Å². The average Bonchev–Trinajstić information content (AvgIpc) is 2.59.